The first-order valence-electron chi connectivity index (χ1n) is 7.03. The minimum Gasteiger partial charge on any atom is -0.493 e. The van der Waals surface area contributed by atoms with Gasteiger partial charge in [-0.25, -0.2) is 4.79 Å². The van der Waals surface area contributed by atoms with Crippen LogP contribution in [0.15, 0.2) is 42.6 Å². The van der Waals surface area contributed by atoms with Crippen LogP contribution in [0.3, 0.4) is 0 Å². The molecule has 5 heteroatoms. The molecule has 0 aliphatic rings. The van der Waals surface area contributed by atoms with Crippen molar-refractivity contribution in [3.05, 3.63) is 53.9 Å². The Morgan fingerprint density at radius 3 is 2.68 bits per heavy atom. The molecule has 0 aliphatic heterocycles. The quantitative estimate of drug-likeness (QED) is 0.581. The van der Waals surface area contributed by atoms with Crippen molar-refractivity contribution in [3.8, 4) is 11.5 Å². The predicted molar refractivity (Wildman–Crippen MR) is 82.4 cm³/mol. The maximum atomic E-state index is 11.6. The average molecular weight is 301 g/mol. The molecule has 0 N–H and O–H groups in total. The largest absolute Gasteiger partial charge is 0.493 e. The second kappa shape index (κ2) is 8.02. The molecule has 0 aliphatic carbocycles. The molecule has 2 aromatic rings. The normalized spacial score (nSPS) is 10.1. The predicted octanol–water partition coefficient (Wildman–Crippen LogP) is 2.89. The second-order valence-electron chi connectivity index (χ2n) is 4.63. The van der Waals surface area contributed by atoms with Gasteiger partial charge in [-0.1, -0.05) is 6.07 Å². The maximum Gasteiger partial charge on any atom is 0.337 e. The van der Waals surface area contributed by atoms with Gasteiger partial charge < -0.3 is 14.2 Å². The van der Waals surface area contributed by atoms with Crippen molar-refractivity contribution in [3.63, 3.8) is 0 Å². The number of aromatic nitrogens is 1. The summed E-state index contributed by atoms with van der Waals surface area (Å²) in [6, 6.07) is 10.8. The van der Waals surface area contributed by atoms with Gasteiger partial charge in [0, 0.05) is 11.9 Å². The highest BCUT2D eigenvalue weighted by Gasteiger charge is 2.11. The van der Waals surface area contributed by atoms with E-state index in [0.717, 1.165) is 18.5 Å². The molecular formula is C17H19NO4. The van der Waals surface area contributed by atoms with Gasteiger partial charge >= 0.3 is 5.97 Å². The lowest BCUT2D eigenvalue weighted by Crippen LogP contribution is -2.05. The van der Waals surface area contributed by atoms with E-state index in [1.54, 1.807) is 31.5 Å². The number of carbonyl (C=O) groups is 1. The number of ether oxygens (including phenoxy) is 3. The fraction of sp³-hybridized carbons (Fsp3) is 0.294. The highest BCUT2D eigenvalue weighted by molar-refractivity contribution is 5.90. The first kappa shape index (κ1) is 15.8. The van der Waals surface area contributed by atoms with Gasteiger partial charge in [0.25, 0.3) is 0 Å². The molecule has 0 atom stereocenters. The van der Waals surface area contributed by atoms with E-state index in [-0.39, 0.29) is 0 Å². The zero-order chi connectivity index (χ0) is 15.8. The van der Waals surface area contributed by atoms with E-state index in [4.69, 9.17) is 14.2 Å². The van der Waals surface area contributed by atoms with Crippen molar-refractivity contribution in [2.75, 3.05) is 20.8 Å². The van der Waals surface area contributed by atoms with E-state index < -0.39 is 5.97 Å². The summed E-state index contributed by atoms with van der Waals surface area (Å²) >= 11 is 0. The number of nitrogens with zero attached hydrogens (tertiary/aromatic N) is 1. The fourth-order valence-corrected chi connectivity index (χ4v) is 2.02. The van der Waals surface area contributed by atoms with Gasteiger partial charge in [-0.2, -0.15) is 0 Å². The zero-order valence-corrected chi connectivity index (χ0v) is 12.7. The first-order chi connectivity index (χ1) is 10.7. The van der Waals surface area contributed by atoms with Crippen LogP contribution in [-0.2, 0) is 11.2 Å². The summed E-state index contributed by atoms with van der Waals surface area (Å²) in [5.74, 6) is 0.720. The van der Waals surface area contributed by atoms with E-state index in [1.807, 2.05) is 18.2 Å². The third-order valence-corrected chi connectivity index (χ3v) is 3.15. The lowest BCUT2D eigenvalue weighted by molar-refractivity contribution is 0.0600. The molecule has 0 saturated carbocycles. The summed E-state index contributed by atoms with van der Waals surface area (Å²) in [4.78, 5) is 15.8. The molecule has 0 radical (unpaired) electrons. The molecule has 1 aromatic carbocycles. The van der Waals surface area contributed by atoms with Crippen molar-refractivity contribution >= 4 is 5.97 Å². The van der Waals surface area contributed by atoms with Gasteiger partial charge in [0.2, 0.25) is 0 Å². The number of carbonyl (C=O) groups excluding carboxylic acids is 1. The van der Waals surface area contributed by atoms with E-state index in [2.05, 4.69) is 4.98 Å². The standard InChI is InChI=1S/C17H19NO4/c1-20-15-9-8-13(17(19)21-2)12-16(15)22-11-5-7-14-6-3-4-10-18-14/h3-4,6,8-10,12H,5,7,11H2,1-2H3. The highest BCUT2D eigenvalue weighted by Crippen LogP contribution is 2.28. The van der Waals surface area contributed by atoms with Gasteiger partial charge in [0.1, 0.15) is 0 Å². The minimum atomic E-state index is -0.402. The first-order valence-corrected chi connectivity index (χ1v) is 7.03. The summed E-state index contributed by atoms with van der Waals surface area (Å²) in [6.07, 6.45) is 3.43. The van der Waals surface area contributed by atoms with Gasteiger partial charge in [0.15, 0.2) is 11.5 Å². The van der Waals surface area contributed by atoms with Crippen molar-refractivity contribution in [1.29, 1.82) is 0 Å². The Hall–Kier alpha value is -2.56. The average Bonchev–Trinajstić information content (AvgIpc) is 2.58. The van der Waals surface area contributed by atoms with Crippen LogP contribution < -0.4 is 9.47 Å². The topological polar surface area (TPSA) is 57.7 Å². The molecule has 0 amide bonds. The zero-order valence-electron chi connectivity index (χ0n) is 12.7. The second-order valence-corrected chi connectivity index (χ2v) is 4.63. The Morgan fingerprint density at radius 2 is 2.00 bits per heavy atom. The number of esters is 1. The van der Waals surface area contributed by atoms with Crippen molar-refractivity contribution in [2.24, 2.45) is 0 Å². The van der Waals surface area contributed by atoms with Crippen LogP contribution >= 0.6 is 0 Å². The maximum absolute atomic E-state index is 11.6. The van der Waals surface area contributed by atoms with Crippen LogP contribution in [0.1, 0.15) is 22.5 Å². The van der Waals surface area contributed by atoms with E-state index >= 15 is 0 Å². The number of aryl methyl sites for hydroxylation is 1. The van der Waals surface area contributed by atoms with E-state index in [1.165, 1.54) is 7.11 Å². The van der Waals surface area contributed by atoms with Crippen molar-refractivity contribution < 1.29 is 19.0 Å². The molecule has 0 saturated heterocycles. The Morgan fingerprint density at radius 1 is 1.14 bits per heavy atom. The van der Waals surface area contributed by atoms with Crippen LogP contribution in [0.25, 0.3) is 0 Å². The van der Waals surface area contributed by atoms with Crippen LogP contribution in [0.4, 0.5) is 0 Å². The van der Waals surface area contributed by atoms with E-state index in [0.29, 0.717) is 23.7 Å². The van der Waals surface area contributed by atoms with Crippen LogP contribution in [0, 0.1) is 0 Å². The summed E-state index contributed by atoms with van der Waals surface area (Å²) in [6.45, 7) is 0.511. The molecule has 0 bridgehead atoms. The lowest BCUT2D eigenvalue weighted by Gasteiger charge is -2.11. The van der Waals surface area contributed by atoms with Crippen molar-refractivity contribution in [2.45, 2.75) is 12.8 Å². The summed E-state index contributed by atoms with van der Waals surface area (Å²) in [7, 11) is 2.91. The van der Waals surface area contributed by atoms with Crippen LogP contribution in [0.5, 0.6) is 11.5 Å². The summed E-state index contributed by atoms with van der Waals surface area (Å²) in [5, 5.41) is 0. The molecule has 0 fully saturated rings. The monoisotopic (exact) mass is 301 g/mol. The molecule has 1 aromatic heterocycles. The lowest BCUT2D eigenvalue weighted by atomic mass is 10.2. The Balaban J connectivity index is 1.94. The van der Waals surface area contributed by atoms with Gasteiger partial charge in [-0.15, -0.1) is 0 Å². The van der Waals surface area contributed by atoms with Crippen LogP contribution in [0.2, 0.25) is 0 Å². The SMILES string of the molecule is COC(=O)c1ccc(OC)c(OCCCc2ccccn2)c1. The van der Waals surface area contributed by atoms with E-state index in [9.17, 15) is 4.79 Å². The number of hydrogen-bond donors (Lipinski definition) is 0. The Labute approximate surface area is 129 Å². The van der Waals surface area contributed by atoms with Gasteiger partial charge in [-0.05, 0) is 43.2 Å². The number of rotatable bonds is 7. The van der Waals surface area contributed by atoms with Gasteiger partial charge in [-0.3, -0.25) is 4.98 Å². The number of methoxy groups -OCH3 is 2. The smallest absolute Gasteiger partial charge is 0.337 e. The van der Waals surface area contributed by atoms with Crippen molar-refractivity contribution in [1.82, 2.24) is 4.98 Å². The Bertz CT molecular complexity index is 613. The highest BCUT2D eigenvalue weighted by atomic mass is 16.5. The van der Waals surface area contributed by atoms with Gasteiger partial charge in [0.05, 0.1) is 26.4 Å². The number of pyridine rings is 1. The molecular weight excluding hydrogens is 282 g/mol. The molecule has 5 nitrogen and oxygen atoms in total. The fourth-order valence-electron chi connectivity index (χ4n) is 2.02. The molecule has 116 valence electrons. The molecule has 0 unspecified atom stereocenters. The molecule has 22 heavy (non-hydrogen) atoms. The third-order valence-electron chi connectivity index (χ3n) is 3.15. The third kappa shape index (κ3) is 4.22. The number of hydrogen-bond acceptors (Lipinski definition) is 5. The Kier molecular flexibility index (Phi) is 5.77. The number of benzene rings is 1. The summed E-state index contributed by atoms with van der Waals surface area (Å²) < 4.78 is 15.7. The minimum absolute atomic E-state index is 0.402. The molecule has 1 heterocycles. The van der Waals surface area contributed by atoms with Crippen LogP contribution in [-0.4, -0.2) is 31.8 Å². The molecule has 2 rings (SSSR count). The molecule has 0 spiro atoms. The summed E-state index contributed by atoms with van der Waals surface area (Å²) in [5.41, 5.74) is 1.46.